The maximum atomic E-state index is 13.3. The van der Waals surface area contributed by atoms with Gasteiger partial charge in [-0.3, -0.25) is 9.59 Å². The molecule has 2 N–H and O–H groups in total. The van der Waals surface area contributed by atoms with Gasteiger partial charge in [0, 0.05) is 6.54 Å². The van der Waals surface area contributed by atoms with Crippen molar-refractivity contribution >= 4 is 17.5 Å². The van der Waals surface area contributed by atoms with Crippen LogP contribution in [0.25, 0.3) is 0 Å². The molecule has 0 unspecified atom stereocenters. The highest BCUT2D eigenvalue weighted by molar-refractivity contribution is 6.39. The van der Waals surface area contributed by atoms with Crippen molar-refractivity contribution in [3.05, 3.63) is 30.1 Å². The van der Waals surface area contributed by atoms with E-state index in [1.165, 1.54) is 18.2 Å². The summed E-state index contributed by atoms with van der Waals surface area (Å²) >= 11 is 0. The van der Waals surface area contributed by atoms with E-state index in [2.05, 4.69) is 17.6 Å². The molecule has 1 rings (SSSR count). The molecule has 0 heterocycles. The van der Waals surface area contributed by atoms with E-state index in [9.17, 15) is 14.0 Å². The fraction of sp³-hybridized carbons (Fsp3) is 0.429. The number of hydrogen-bond donors (Lipinski definition) is 2. The van der Waals surface area contributed by atoms with Crippen LogP contribution in [0.3, 0.4) is 0 Å². The number of halogens is 1. The number of para-hydroxylation sites is 1. The van der Waals surface area contributed by atoms with Crippen LogP contribution < -0.4 is 10.6 Å². The normalized spacial score (nSPS) is 10.0. The van der Waals surface area contributed by atoms with Crippen molar-refractivity contribution in [1.29, 1.82) is 0 Å². The zero-order valence-electron chi connectivity index (χ0n) is 11.0. The smallest absolute Gasteiger partial charge is 0.313 e. The topological polar surface area (TPSA) is 58.2 Å². The van der Waals surface area contributed by atoms with Crippen molar-refractivity contribution in [2.75, 3.05) is 11.9 Å². The molecule has 2 amide bonds. The van der Waals surface area contributed by atoms with Crippen molar-refractivity contribution in [3.63, 3.8) is 0 Å². The molecule has 0 aliphatic carbocycles. The van der Waals surface area contributed by atoms with E-state index in [4.69, 9.17) is 0 Å². The molecule has 4 nitrogen and oxygen atoms in total. The molecule has 0 fully saturated rings. The fourth-order valence-electron chi connectivity index (χ4n) is 1.58. The van der Waals surface area contributed by atoms with E-state index in [1.807, 2.05) is 0 Å². The summed E-state index contributed by atoms with van der Waals surface area (Å²) < 4.78 is 13.3. The van der Waals surface area contributed by atoms with Gasteiger partial charge >= 0.3 is 11.8 Å². The number of hydrogen-bond acceptors (Lipinski definition) is 2. The van der Waals surface area contributed by atoms with Gasteiger partial charge in [0.15, 0.2) is 0 Å². The summed E-state index contributed by atoms with van der Waals surface area (Å²) in [6.07, 6.45) is 4.08. The SMILES string of the molecule is CCCCCCNC(=O)C(=O)Nc1ccccc1F. The Kier molecular flexibility index (Phi) is 6.57. The van der Waals surface area contributed by atoms with Gasteiger partial charge in [-0.05, 0) is 18.6 Å². The molecule has 0 atom stereocenters. The third kappa shape index (κ3) is 5.50. The van der Waals surface area contributed by atoms with E-state index < -0.39 is 17.6 Å². The van der Waals surface area contributed by atoms with E-state index in [1.54, 1.807) is 6.07 Å². The van der Waals surface area contributed by atoms with Gasteiger partial charge in [0.05, 0.1) is 5.69 Å². The Labute approximate surface area is 112 Å². The van der Waals surface area contributed by atoms with Crippen molar-refractivity contribution in [3.8, 4) is 0 Å². The lowest BCUT2D eigenvalue weighted by molar-refractivity contribution is -0.136. The highest BCUT2D eigenvalue weighted by Gasteiger charge is 2.14. The molecular formula is C14H19FN2O2. The maximum absolute atomic E-state index is 13.3. The first kappa shape index (κ1) is 15.1. The Morgan fingerprint density at radius 2 is 1.84 bits per heavy atom. The molecule has 0 aliphatic heterocycles. The van der Waals surface area contributed by atoms with Crippen molar-refractivity contribution < 1.29 is 14.0 Å². The summed E-state index contributed by atoms with van der Waals surface area (Å²) in [5, 5.41) is 4.74. The lowest BCUT2D eigenvalue weighted by atomic mass is 10.2. The van der Waals surface area contributed by atoms with Crippen LogP contribution in [0.1, 0.15) is 32.6 Å². The van der Waals surface area contributed by atoms with Crippen LogP contribution in [0.15, 0.2) is 24.3 Å². The number of amides is 2. The first-order valence-corrected chi connectivity index (χ1v) is 6.49. The molecule has 0 radical (unpaired) electrons. The molecule has 0 saturated heterocycles. The second-order valence-electron chi connectivity index (χ2n) is 4.25. The molecule has 5 heteroatoms. The van der Waals surface area contributed by atoms with Gasteiger partial charge in [-0.2, -0.15) is 0 Å². The summed E-state index contributed by atoms with van der Waals surface area (Å²) in [6, 6.07) is 5.72. The number of unbranched alkanes of at least 4 members (excludes halogenated alkanes) is 3. The maximum Gasteiger partial charge on any atom is 0.313 e. The highest BCUT2D eigenvalue weighted by Crippen LogP contribution is 2.11. The molecule has 104 valence electrons. The number of anilines is 1. The van der Waals surface area contributed by atoms with Gasteiger partial charge in [-0.1, -0.05) is 38.3 Å². The Hall–Kier alpha value is -1.91. The second-order valence-corrected chi connectivity index (χ2v) is 4.25. The van der Waals surface area contributed by atoms with Gasteiger partial charge in [0.25, 0.3) is 0 Å². The van der Waals surface area contributed by atoms with Crippen molar-refractivity contribution in [2.24, 2.45) is 0 Å². The van der Waals surface area contributed by atoms with Crippen LogP contribution >= 0.6 is 0 Å². The molecule has 19 heavy (non-hydrogen) atoms. The minimum Gasteiger partial charge on any atom is -0.348 e. The Bertz CT molecular complexity index is 435. The van der Waals surface area contributed by atoms with Gasteiger partial charge < -0.3 is 10.6 Å². The van der Waals surface area contributed by atoms with Gasteiger partial charge in [-0.25, -0.2) is 4.39 Å². The van der Waals surface area contributed by atoms with Crippen LogP contribution in [0.4, 0.5) is 10.1 Å². The number of carbonyl (C=O) groups is 2. The third-order valence-corrected chi connectivity index (χ3v) is 2.64. The summed E-state index contributed by atoms with van der Waals surface area (Å²) in [5.74, 6) is -2.15. The molecule has 0 bridgehead atoms. The number of nitrogens with one attached hydrogen (secondary N) is 2. The van der Waals surface area contributed by atoms with Crippen LogP contribution in [0, 0.1) is 5.82 Å². The molecule has 0 saturated carbocycles. The summed E-state index contributed by atoms with van der Waals surface area (Å²) in [5.41, 5.74) is 0.00799. The molecular weight excluding hydrogens is 247 g/mol. The van der Waals surface area contributed by atoms with E-state index in [0.29, 0.717) is 6.54 Å². The fourth-order valence-corrected chi connectivity index (χ4v) is 1.58. The number of benzene rings is 1. The highest BCUT2D eigenvalue weighted by atomic mass is 19.1. The van der Waals surface area contributed by atoms with Crippen LogP contribution in [-0.2, 0) is 9.59 Å². The molecule has 0 aliphatic rings. The number of carbonyl (C=O) groups excluding carboxylic acids is 2. The quantitative estimate of drug-likeness (QED) is 0.614. The Morgan fingerprint density at radius 1 is 1.11 bits per heavy atom. The molecule has 1 aromatic rings. The first-order chi connectivity index (χ1) is 9.15. The predicted octanol–water partition coefficient (Wildman–Crippen LogP) is 2.46. The Balaban J connectivity index is 2.33. The Morgan fingerprint density at radius 3 is 2.53 bits per heavy atom. The first-order valence-electron chi connectivity index (χ1n) is 6.49. The van der Waals surface area contributed by atoms with Gasteiger partial charge in [0.2, 0.25) is 0 Å². The van der Waals surface area contributed by atoms with Crippen molar-refractivity contribution in [1.82, 2.24) is 5.32 Å². The lowest BCUT2D eigenvalue weighted by Gasteiger charge is -2.07. The van der Waals surface area contributed by atoms with Crippen LogP contribution in [0.2, 0.25) is 0 Å². The standard InChI is InChI=1S/C14H19FN2O2/c1-2-3-4-7-10-16-13(18)14(19)17-12-9-6-5-8-11(12)15/h5-6,8-9H,2-4,7,10H2,1H3,(H,16,18)(H,17,19). The second kappa shape index (κ2) is 8.24. The van der Waals surface area contributed by atoms with Gasteiger partial charge in [-0.15, -0.1) is 0 Å². The van der Waals surface area contributed by atoms with Crippen molar-refractivity contribution in [2.45, 2.75) is 32.6 Å². The monoisotopic (exact) mass is 266 g/mol. The van der Waals surface area contributed by atoms with E-state index in [-0.39, 0.29) is 5.69 Å². The third-order valence-electron chi connectivity index (χ3n) is 2.64. The average Bonchev–Trinajstić information content (AvgIpc) is 2.41. The number of rotatable bonds is 6. The van der Waals surface area contributed by atoms with E-state index in [0.717, 1.165) is 25.7 Å². The summed E-state index contributed by atoms with van der Waals surface area (Å²) in [6.45, 7) is 2.56. The lowest BCUT2D eigenvalue weighted by Crippen LogP contribution is -2.36. The largest absolute Gasteiger partial charge is 0.348 e. The van der Waals surface area contributed by atoms with E-state index >= 15 is 0 Å². The predicted molar refractivity (Wildman–Crippen MR) is 72.2 cm³/mol. The van der Waals surface area contributed by atoms with Crippen LogP contribution in [-0.4, -0.2) is 18.4 Å². The summed E-state index contributed by atoms with van der Waals surface area (Å²) in [7, 11) is 0. The zero-order chi connectivity index (χ0) is 14.1. The van der Waals surface area contributed by atoms with Gasteiger partial charge in [0.1, 0.15) is 5.82 Å². The molecule has 0 spiro atoms. The summed E-state index contributed by atoms with van der Waals surface area (Å²) in [4.78, 5) is 22.9. The van der Waals surface area contributed by atoms with Crippen LogP contribution in [0.5, 0.6) is 0 Å². The zero-order valence-corrected chi connectivity index (χ0v) is 11.0. The average molecular weight is 266 g/mol. The minimum absolute atomic E-state index is 0.00799. The molecule has 0 aromatic heterocycles. The minimum atomic E-state index is -0.847. The molecule has 1 aromatic carbocycles.